The highest BCUT2D eigenvalue weighted by Gasteiger charge is 2.21. The summed E-state index contributed by atoms with van der Waals surface area (Å²) in [4.78, 5) is 4.93. The molecule has 0 aromatic carbocycles. The molecule has 1 aliphatic rings. The average Bonchev–Trinajstić information content (AvgIpc) is 2.10. The van der Waals surface area contributed by atoms with Crippen molar-refractivity contribution in [1.82, 2.24) is 9.80 Å². The van der Waals surface area contributed by atoms with Crippen LogP contribution in [0.1, 0.15) is 27.2 Å². The molecule has 0 spiro atoms. The van der Waals surface area contributed by atoms with Crippen molar-refractivity contribution in [3.05, 3.63) is 0 Å². The van der Waals surface area contributed by atoms with Crippen LogP contribution in [0.5, 0.6) is 0 Å². The normalized spacial score (nSPS) is 27.2. The number of rotatable bonds is 4. The third kappa shape index (κ3) is 4.49. The number of hydrogen-bond acceptors (Lipinski definition) is 3. The van der Waals surface area contributed by atoms with Gasteiger partial charge in [-0.25, -0.2) is 0 Å². The first-order valence-corrected chi connectivity index (χ1v) is 6.17. The van der Waals surface area contributed by atoms with E-state index in [4.69, 9.17) is 5.73 Å². The number of piperazine rings is 1. The van der Waals surface area contributed by atoms with Gasteiger partial charge in [-0.1, -0.05) is 13.8 Å². The minimum atomic E-state index is 0.348. The Balaban J connectivity index is 2.27. The molecule has 15 heavy (non-hydrogen) atoms. The van der Waals surface area contributed by atoms with Gasteiger partial charge in [0, 0.05) is 38.3 Å². The van der Waals surface area contributed by atoms with Gasteiger partial charge in [0.2, 0.25) is 0 Å². The fourth-order valence-corrected chi connectivity index (χ4v) is 2.30. The number of hydrogen-bond donors (Lipinski definition) is 1. The molecule has 0 aromatic rings. The molecule has 3 heteroatoms. The average molecular weight is 213 g/mol. The molecule has 0 aliphatic carbocycles. The van der Waals surface area contributed by atoms with Crippen LogP contribution >= 0.6 is 0 Å². The van der Waals surface area contributed by atoms with Crippen LogP contribution in [-0.4, -0.2) is 55.1 Å². The molecule has 1 saturated heterocycles. The van der Waals surface area contributed by atoms with Crippen molar-refractivity contribution < 1.29 is 0 Å². The van der Waals surface area contributed by atoms with Crippen molar-refractivity contribution >= 4 is 0 Å². The molecule has 0 saturated carbocycles. The van der Waals surface area contributed by atoms with Gasteiger partial charge in [0.25, 0.3) is 0 Å². The minimum absolute atomic E-state index is 0.348. The molecule has 0 radical (unpaired) electrons. The maximum atomic E-state index is 6.13. The summed E-state index contributed by atoms with van der Waals surface area (Å²) in [6, 6.07) is 1.02. The summed E-state index contributed by atoms with van der Waals surface area (Å²) in [5.74, 6) is 0.713. The van der Waals surface area contributed by atoms with E-state index in [2.05, 4.69) is 37.6 Å². The van der Waals surface area contributed by atoms with E-state index in [-0.39, 0.29) is 0 Å². The van der Waals surface area contributed by atoms with Crippen LogP contribution in [0.4, 0.5) is 0 Å². The summed E-state index contributed by atoms with van der Waals surface area (Å²) in [6.45, 7) is 11.4. The van der Waals surface area contributed by atoms with Crippen LogP contribution in [0.25, 0.3) is 0 Å². The van der Waals surface area contributed by atoms with Gasteiger partial charge in [-0.3, -0.25) is 4.90 Å². The van der Waals surface area contributed by atoms with Gasteiger partial charge < -0.3 is 10.6 Å². The maximum Gasteiger partial charge on any atom is 0.0192 e. The fourth-order valence-electron chi connectivity index (χ4n) is 2.30. The molecule has 1 fully saturated rings. The second-order valence-corrected chi connectivity index (χ2v) is 5.48. The van der Waals surface area contributed by atoms with Gasteiger partial charge in [0.05, 0.1) is 0 Å². The van der Waals surface area contributed by atoms with Gasteiger partial charge in [0.1, 0.15) is 0 Å². The molecule has 1 rings (SSSR count). The minimum Gasteiger partial charge on any atom is -0.327 e. The van der Waals surface area contributed by atoms with Crippen LogP contribution in [-0.2, 0) is 0 Å². The van der Waals surface area contributed by atoms with Gasteiger partial charge >= 0.3 is 0 Å². The summed E-state index contributed by atoms with van der Waals surface area (Å²) in [7, 11) is 2.20. The van der Waals surface area contributed by atoms with E-state index in [1.807, 2.05) is 0 Å². The molecule has 3 nitrogen and oxygen atoms in total. The maximum absolute atomic E-state index is 6.13. The van der Waals surface area contributed by atoms with E-state index in [1.54, 1.807) is 0 Å². The molecule has 1 aliphatic heterocycles. The molecule has 2 N–H and O–H groups in total. The van der Waals surface area contributed by atoms with Crippen LogP contribution in [0.2, 0.25) is 0 Å². The first-order valence-electron chi connectivity index (χ1n) is 6.17. The highest BCUT2D eigenvalue weighted by molar-refractivity contribution is 4.79. The second-order valence-electron chi connectivity index (χ2n) is 5.48. The summed E-state index contributed by atoms with van der Waals surface area (Å²) in [5, 5.41) is 0. The third-order valence-corrected chi connectivity index (χ3v) is 3.31. The van der Waals surface area contributed by atoms with Crippen LogP contribution in [0.15, 0.2) is 0 Å². The summed E-state index contributed by atoms with van der Waals surface area (Å²) in [6.07, 6.45) is 1.14. The number of nitrogens with two attached hydrogens (primary N) is 1. The highest BCUT2D eigenvalue weighted by atomic mass is 15.3. The van der Waals surface area contributed by atoms with E-state index >= 15 is 0 Å². The molecule has 0 aromatic heterocycles. The van der Waals surface area contributed by atoms with Gasteiger partial charge in [0.15, 0.2) is 0 Å². The van der Waals surface area contributed by atoms with Crippen molar-refractivity contribution in [2.45, 2.75) is 39.3 Å². The number of likely N-dealkylation sites (N-methyl/N-ethyl adjacent to an activating group) is 1. The van der Waals surface area contributed by atoms with Crippen molar-refractivity contribution in [3.63, 3.8) is 0 Å². The quantitative estimate of drug-likeness (QED) is 0.756. The Morgan fingerprint density at radius 2 is 2.00 bits per heavy atom. The molecule has 90 valence electrons. The molecular weight excluding hydrogens is 186 g/mol. The van der Waals surface area contributed by atoms with Crippen LogP contribution in [0, 0.1) is 5.92 Å². The molecule has 0 bridgehead atoms. The van der Waals surface area contributed by atoms with E-state index in [1.165, 1.54) is 19.6 Å². The lowest BCUT2D eigenvalue weighted by molar-refractivity contribution is 0.0986. The zero-order chi connectivity index (χ0) is 11.4. The SMILES string of the molecule is CC(C)CC(N)CN1CCN(C)C(C)C1. The second kappa shape index (κ2) is 5.83. The molecule has 1 heterocycles. The molecule has 0 amide bonds. The Bertz CT molecular complexity index is 182. The van der Waals surface area contributed by atoms with Crippen molar-refractivity contribution in [2.24, 2.45) is 11.7 Å². The Kier molecular flexibility index (Phi) is 5.03. The van der Waals surface area contributed by atoms with E-state index in [0.717, 1.165) is 13.0 Å². The van der Waals surface area contributed by atoms with Gasteiger partial charge in [-0.2, -0.15) is 0 Å². The lowest BCUT2D eigenvalue weighted by atomic mass is 10.0. The summed E-state index contributed by atoms with van der Waals surface area (Å²) in [5.41, 5.74) is 6.13. The van der Waals surface area contributed by atoms with Gasteiger partial charge in [-0.05, 0) is 26.3 Å². The van der Waals surface area contributed by atoms with E-state index < -0.39 is 0 Å². The largest absolute Gasteiger partial charge is 0.327 e. The smallest absolute Gasteiger partial charge is 0.0192 e. The van der Waals surface area contributed by atoms with Crippen molar-refractivity contribution in [1.29, 1.82) is 0 Å². The molecule has 2 unspecified atom stereocenters. The third-order valence-electron chi connectivity index (χ3n) is 3.31. The zero-order valence-corrected chi connectivity index (χ0v) is 10.7. The molecular formula is C12H27N3. The predicted molar refractivity (Wildman–Crippen MR) is 66.0 cm³/mol. The first kappa shape index (κ1) is 12.9. The Morgan fingerprint density at radius 3 is 2.53 bits per heavy atom. The Hall–Kier alpha value is -0.120. The van der Waals surface area contributed by atoms with Crippen LogP contribution in [0.3, 0.4) is 0 Å². The zero-order valence-electron chi connectivity index (χ0n) is 10.7. The first-order chi connectivity index (χ1) is 6.99. The predicted octanol–water partition coefficient (Wildman–Crippen LogP) is 0.996. The lowest BCUT2D eigenvalue weighted by Crippen LogP contribution is -2.52. The lowest BCUT2D eigenvalue weighted by Gasteiger charge is -2.38. The topological polar surface area (TPSA) is 32.5 Å². The van der Waals surface area contributed by atoms with Crippen molar-refractivity contribution in [2.75, 3.05) is 33.2 Å². The Morgan fingerprint density at radius 1 is 1.33 bits per heavy atom. The van der Waals surface area contributed by atoms with E-state index in [0.29, 0.717) is 18.0 Å². The standard InChI is InChI=1S/C12H27N3/c1-10(2)7-12(13)9-15-6-5-14(4)11(3)8-15/h10-12H,5-9,13H2,1-4H3. The summed E-state index contributed by atoms with van der Waals surface area (Å²) >= 11 is 0. The Labute approximate surface area is 94.6 Å². The summed E-state index contributed by atoms with van der Waals surface area (Å²) < 4.78 is 0. The van der Waals surface area contributed by atoms with E-state index in [9.17, 15) is 0 Å². The number of nitrogens with zero attached hydrogens (tertiary/aromatic N) is 2. The van der Waals surface area contributed by atoms with Crippen LogP contribution < -0.4 is 5.73 Å². The van der Waals surface area contributed by atoms with Gasteiger partial charge in [-0.15, -0.1) is 0 Å². The molecule has 2 atom stereocenters. The fraction of sp³-hybridized carbons (Fsp3) is 1.00. The van der Waals surface area contributed by atoms with Crippen molar-refractivity contribution in [3.8, 4) is 0 Å². The monoisotopic (exact) mass is 213 g/mol. The highest BCUT2D eigenvalue weighted by Crippen LogP contribution is 2.09.